The maximum atomic E-state index is 11.6. The molecule has 1 aliphatic carbocycles. The summed E-state index contributed by atoms with van der Waals surface area (Å²) in [7, 11) is 1.76. The predicted molar refractivity (Wildman–Crippen MR) is 110 cm³/mol. The fourth-order valence-electron chi connectivity index (χ4n) is 2.12. The van der Waals surface area contributed by atoms with Crippen molar-refractivity contribution in [3.8, 4) is 0 Å². The maximum Gasteiger partial charge on any atom is 0.220 e. The van der Waals surface area contributed by atoms with Crippen LogP contribution in [0.25, 0.3) is 0 Å². The molecule has 6 nitrogen and oxygen atoms in total. The van der Waals surface area contributed by atoms with Gasteiger partial charge in [-0.05, 0) is 25.7 Å². The largest absolute Gasteiger partial charge is 0.356 e. The van der Waals surface area contributed by atoms with E-state index in [1.165, 1.54) is 4.88 Å². The lowest BCUT2D eigenvalue weighted by Crippen LogP contribution is -2.39. The summed E-state index contributed by atoms with van der Waals surface area (Å²) in [5.41, 5.74) is 0. The van der Waals surface area contributed by atoms with Gasteiger partial charge in [0, 0.05) is 50.1 Å². The molecule has 24 heavy (non-hydrogen) atoms. The normalized spacial score (nSPS) is 14.0. The van der Waals surface area contributed by atoms with E-state index in [1.54, 1.807) is 18.4 Å². The highest BCUT2D eigenvalue weighted by Gasteiger charge is 2.22. The van der Waals surface area contributed by atoms with Crippen molar-refractivity contribution in [2.45, 2.75) is 51.5 Å². The summed E-state index contributed by atoms with van der Waals surface area (Å²) in [4.78, 5) is 21.5. The molecular formula is C16H28IN5OS. The molecule has 0 atom stereocenters. The molecule has 136 valence electrons. The minimum atomic E-state index is 0. The van der Waals surface area contributed by atoms with Gasteiger partial charge in [0.1, 0.15) is 0 Å². The van der Waals surface area contributed by atoms with E-state index in [4.69, 9.17) is 0 Å². The van der Waals surface area contributed by atoms with E-state index >= 15 is 0 Å². The number of amides is 1. The van der Waals surface area contributed by atoms with E-state index in [9.17, 15) is 4.79 Å². The number of carbonyl (C=O) groups excluding carboxylic acids is 1. The summed E-state index contributed by atoms with van der Waals surface area (Å²) in [6.07, 6.45) is 7.56. The number of halogens is 1. The topological polar surface area (TPSA) is 78.4 Å². The third-order valence-corrected chi connectivity index (χ3v) is 4.82. The number of aromatic nitrogens is 1. The minimum Gasteiger partial charge on any atom is -0.356 e. The average Bonchev–Trinajstić information content (AvgIpc) is 3.24. The molecule has 0 saturated heterocycles. The second-order valence-electron chi connectivity index (χ2n) is 5.69. The van der Waals surface area contributed by atoms with Crippen molar-refractivity contribution in [1.29, 1.82) is 0 Å². The number of carbonyl (C=O) groups is 1. The Kier molecular flexibility index (Phi) is 10.2. The molecule has 0 bridgehead atoms. The van der Waals surface area contributed by atoms with Gasteiger partial charge >= 0.3 is 0 Å². The SMILES string of the molecule is CCc1cnc(CCNC(=NC)NCCCC(=O)NC2CC2)s1.I. The lowest BCUT2D eigenvalue weighted by Gasteiger charge is -2.11. The third kappa shape index (κ3) is 8.27. The molecule has 1 saturated carbocycles. The molecule has 1 amide bonds. The Labute approximate surface area is 165 Å². The first-order chi connectivity index (χ1) is 11.2. The number of aryl methyl sites for hydroxylation is 1. The van der Waals surface area contributed by atoms with Crippen molar-refractivity contribution in [2.75, 3.05) is 20.1 Å². The van der Waals surface area contributed by atoms with E-state index in [0.29, 0.717) is 12.5 Å². The zero-order valence-electron chi connectivity index (χ0n) is 14.4. The van der Waals surface area contributed by atoms with E-state index in [0.717, 1.165) is 56.2 Å². The molecular weight excluding hydrogens is 437 g/mol. The van der Waals surface area contributed by atoms with Gasteiger partial charge in [0.15, 0.2) is 5.96 Å². The highest BCUT2D eigenvalue weighted by atomic mass is 127. The van der Waals surface area contributed by atoms with Gasteiger partial charge in [0.05, 0.1) is 5.01 Å². The number of hydrogen-bond donors (Lipinski definition) is 3. The quantitative estimate of drug-likeness (QED) is 0.226. The minimum absolute atomic E-state index is 0. The van der Waals surface area contributed by atoms with Gasteiger partial charge in [-0.25, -0.2) is 4.98 Å². The van der Waals surface area contributed by atoms with Gasteiger partial charge in [0.25, 0.3) is 0 Å². The van der Waals surface area contributed by atoms with Crippen LogP contribution < -0.4 is 16.0 Å². The summed E-state index contributed by atoms with van der Waals surface area (Å²) in [5.74, 6) is 0.938. The van der Waals surface area contributed by atoms with Crippen molar-refractivity contribution in [3.05, 3.63) is 16.1 Å². The van der Waals surface area contributed by atoms with E-state index in [-0.39, 0.29) is 29.9 Å². The Morgan fingerprint density at radius 1 is 1.38 bits per heavy atom. The van der Waals surface area contributed by atoms with Crippen LogP contribution in [-0.4, -0.2) is 43.0 Å². The van der Waals surface area contributed by atoms with Crippen LogP contribution in [0.15, 0.2) is 11.2 Å². The number of nitrogens with zero attached hydrogens (tertiary/aromatic N) is 2. The van der Waals surface area contributed by atoms with Crippen molar-refractivity contribution in [1.82, 2.24) is 20.9 Å². The Morgan fingerprint density at radius 2 is 2.12 bits per heavy atom. The number of thiazole rings is 1. The monoisotopic (exact) mass is 465 g/mol. The number of aliphatic imine (C=N–C) groups is 1. The molecule has 1 heterocycles. The second-order valence-corrected chi connectivity index (χ2v) is 6.89. The fourth-order valence-corrected chi connectivity index (χ4v) is 2.98. The van der Waals surface area contributed by atoms with Crippen molar-refractivity contribution in [2.24, 2.45) is 4.99 Å². The number of guanidine groups is 1. The average molecular weight is 465 g/mol. The number of nitrogens with one attached hydrogen (secondary N) is 3. The smallest absolute Gasteiger partial charge is 0.220 e. The van der Waals surface area contributed by atoms with Gasteiger partial charge in [-0.1, -0.05) is 6.92 Å². The van der Waals surface area contributed by atoms with E-state index in [2.05, 4.69) is 32.9 Å². The lowest BCUT2D eigenvalue weighted by atomic mass is 10.3. The van der Waals surface area contributed by atoms with Crippen molar-refractivity contribution < 1.29 is 4.79 Å². The molecule has 0 spiro atoms. The Hall–Kier alpha value is -0.900. The third-order valence-electron chi connectivity index (χ3n) is 3.62. The van der Waals surface area contributed by atoms with E-state index in [1.807, 2.05) is 6.20 Å². The second kappa shape index (κ2) is 11.6. The van der Waals surface area contributed by atoms with Gasteiger partial charge in [-0.3, -0.25) is 9.79 Å². The molecule has 1 aromatic heterocycles. The van der Waals surface area contributed by atoms with E-state index < -0.39 is 0 Å². The summed E-state index contributed by atoms with van der Waals surface area (Å²) in [5, 5.41) is 10.7. The van der Waals surface area contributed by atoms with Crippen LogP contribution in [0.2, 0.25) is 0 Å². The van der Waals surface area contributed by atoms with Gasteiger partial charge < -0.3 is 16.0 Å². The first-order valence-corrected chi connectivity index (χ1v) is 9.20. The molecule has 3 N–H and O–H groups in total. The van der Waals surface area contributed by atoms with Crippen molar-refractivity contribution in [3.63, 3.8) is 0 Å². The maximum absolute atomic E-state index is 11.6. The van der Waals surface area contributed by atoms with Gasteiger partial charge in [-0.15, -0.1) is 35.3 Å². The predicted octanol–water partition coefficient (Wildman–Crippen LogP) is 2.09. The molecule has 0 aliphatic heterocycles. The van der Waals surface area contributed by atoms with Crippen LogP contribution >= 0.6 is 35.3 Å². The standard InChI is InChI=1S/C16H27N5OS.HI/c1-3-13-11-20-15(23-13)8-10-19-16(17-2)18-9-4-5-14(22)21-12-6-7-12;/h11-12H,3-10H2,1-2H3,(H,21,22)(H2,17,18,19);1H. The molecule has 0 aromatic carbocycles. The molecule has 8 heteroatoms. The zero-order valence-corrected chi connectivity index (χ0v) is 17.6. The summed E-state index contributed by atoms with van der Waals surface area (Å²) >= 11 is 1.77. The van der Waals surface area contributed by atoms with Crippen LogP contribution in [0, 0.1) is 0 Å². The molecule has 0 radical (unpaired) electrons. The fraction of sp³-hybridized carbons (Fsp3) is 0.688. The van der Waals surface area contributed by atoms with Gasteiger partial charge in [0.2, 0.25) is 5.91 Å². The highest BCUT2D eigenvalue weighted by Crippen LogP contribution is 2.18. The van der Waals surface area contributed by atoms with Gasteiger partial charge in [-0.2, -0.15) is 0 Å². The number of rotatable bonds is 9. The lowest BCUT2D eigenvalue weighted by molar-refractivity contribution is -0.121. The summed E-state index contributed by atoms with van der Waals surface area (Å²) in [6.45, 7) is 3.69. The van der Waals surface area contributed by atoms with Crippen LogP contribution in [0.1, 0.15) is 42.5 Å². The summed E-state index contributed by atoms with van der Waals surface area (Å²) in [6, 6.07) is 0.448. The Bertz CT molecular complexity index is 530. The van der Waals surface area contributed by atoms with Crippen molar-refractivity contribution >= 4 is 47.2 Å². The molecule has 1 aliphatic rings. The highest BCUT2D eigenvalue weighted by molar-refractivity contribution is 14.0. The van der Waals surface area contributed by atoms with Crippen LogP contribution in [-0.2, 0) is 17.6 Å². The van der Waals surface area contributed by atoms with Crippen LogP contribution in [0.4, 0.5) is 0 Å². The first-order valence-electron chi connectivity index (χ1n) is 8.38. The summed E-state index contributed by atoms with van der Waals surface area (Å²) < 4.78 is 0. The number of hydrogen-bond acceptors (Lipinski definition) is 4. The Balaban J connectivity index is 0.00000288. The first kappa shape index (κ1) is 21.1. The molecule has 1 aromatic rings. The molecule has 2 rings (SSSR count). The Morgan fingerprint density at radius 3 is 2.75 bits per heavy atom. The molecule has 1 fully saturated rings. The van der Waals surface area contributed by atoms with Crippen LogP contribution in [0.3, 0.4) is 0 Å². The molecule has 0 unspecified atom stereocenters. The van der Waals surface area contributed by atoms with Crippen LogP contribution in [0.5, 0.6) is 0 Å². The zero-order chi connectivity index (χ0) is 16.5.